The number of anilines is 1. The molecule has 2 saturated heterocycles. The highest BCUT2D eigenvalue weighted by Gasteiger charge is 2.34. The van der Waals surface area contributed by atoms with Gasteiger partial charge in [-0.2, -0.15) is 10.4 Å². The molecule has 3 aliphatic rings. The number of ether oxygens (including phenoxy) is 2. The summed E-state index contributed by atoms with van der Waals surface area (Å²) in [6.07, 6.45) is 5.70. The fraction of sp³-hybridized carbons (Fsp3) is 0.440. The normalized spacial score (nSPS) is 21.8. The van der Waals surface area contributed by atoms with Gasteiger partial charge in [0.1, 0.15) is 5.82 Å². The minimum atomic E-state index is -0.125. The number of hydrogen-bond donors (Lipinski definition) is 0. The Kier molecular flexibility index (Phi) is 5.01. The number of benzene rings is 1. The number of aryl methyl sites for hydroxylation is 1. The monoisotopic (exact) mass is 458 g/mol. The van der Waals surface area contributed by atoms with Crippen LogP contribution in [0.3, 0.4) is 0 Å². The Hall–Kier alpha value is -3.80. The average Bonchev–Trinajstić information content (AvgIpc) is 3.61. The molecule has 2 atom stereocenters. The van der Waals surface area contributed by atoms with Crippen molar-refractivity contribution in [2.24, 2.45) is 5.92 Å². The molecule has 174 valence electrons. The van der Waals surface area contributed by atoms with E-state index in [-0.39, 0.29) is 24.7 Å². The van der Waals surface area contributed by atoms with Crippen molar-refractivity contribution in [3.8, 4) is 17.6 Å². The first-order chi connectivity index (χ1) is 16.6. The third-order valence-corrected chi connectivity index (χ3v) is 7.03. The first-order valence-electron chi connectivity index (χ1n) is 11.8. The average molecular weight is 459 g/mol. The minimum absolute atomic E-state index is 0.0496. The molecule has 6 rings (SSSR count). The Morgan fingerprint density at radius 1 is 1.21 bits per heavy atom. The molecule has 0 aliphatic carbocycles. The standard InChI is InChI=1S/C25H26N6O3/c1-16-13-31-22(27-24(16)29-10-8-17(12-26)14-29)11-19(28-31)20-6-2-3-9-30(20)25(32)18-5-4-7-21-23(18)34-15-33-21/h4-5,7,11,13,17,20H,2-3,6,8-10,14-15H2,1H3. The number of likely N-dealkylation sites (tertiary alicyclic amines) is 1. The number of carbonyl (C=O) groups excluding carboxylic acids is 1. The SMILES string of the molecule is Cc1cn2nc(C3CCCCN3C(=O)c3cccc4c3OCO4)cc2nc1N1CCC(C#N)C1. The van der Waals surface area contributed by atoms with Crippen LogP contribution in [-0.2, 0) is 0 Å². The lowest BCUT2D eigenvalue weighted by Crippen LogP contribution is -2.38. The quantitative estimate of drug-likeness (QED) is 0.593. The molecule has 0 N–H and O–H groups in total. The largest absolute Gasteiger partial charge is 0.454 e. The third-order valence-electron chi connectivity index (χ3n) is 7.03. The zero-order valence-corrected chi connectivity index (χ0v) is 19.1. The number of nitriles is 1. The number of hydrogen-bond acceptors (Lipinski definition) is 7. The molecule has 0 saturated carbocycles. The van der Waals surface area contributed by atoms with E-state index in [0.29, 0.717) is 30.2 Å². The van der Waals surface area contributed by atoms with E-state index in [1.54, 1.807) is 10.6 Å². The molecule has 1 amide bonds. The predicted octanol–water partition coefficient (Wildman–Crippen LogP) is 3.48. The molecule has 0 bridgehead atoms. The molecule has 3 aromatic rings. The summed E-state index contributed by atoms with van der Waals surface area (Å²) in [5, 5.41) is 14.1. The summed E-state index contributed by atoms with van der Waals surface area (Å²) in [7, 11) is 0. The minimum Gasteiger partial charge on any atom is -0.454 e. The Labute approximate surface area is 197 Å². The Bertz CT molecular complexity index is 1310. The van der Waals surface area contributed by atoms with Crippen molar-refractivity contribution < 1.29 is 14.3 Å². The number of nitrogens with zero attached hydrogens (tertiary/aromatic N) is 6. The van der Waals surface area contributed by atoms with Crippen LogP contribution < -0.4 is 14.4 Å². The predicted molar refractivity (Wildman–Crippen MR) is 124 cm³/mol. The van der Waals surface area contributed by atoms with E-state index in [0.717, 1.165) is 55.0 Å². The Morgan fingerprint density at radius 2 is 2.12 bits per heavy atom. The van der Waals surface area contributed by atoms with Crippen LogP contribution in [0.15, 0.2) is 30.5 Å². The van der Waals surface area contributed by atoms with Gasteiger partial charge in [-0.3, -0.25) is 4.79 Å². The van der Waals surface area contributed by atoms with E-state index in [2.05, 4.69) is 11.0 Å². The van der Waals surface area contributed by atoms with E-state index in [9.17, 15) is 10.1 Å². The summed E-state index contributed by atoms with van der Waals surface area (Å²) in [6, 6.07) is 9.68. The molecule has 3 aliphatic heterocycles. The van der Waals surface area contributed by atoms with Crippen molar-refractivity contribution in [3.63, 3.8) is 0 Å². The van der Waals surface area contributed by atoms with Crippen molar-refractivity contribution >= 4 is 17.4 Å². The van der Waals surface area contributed by atoms with Crippen molar-refractivity contribution in [2.45, 2.75) is 38.6 Å². The molecule has 2 unspecified atom stereocenters. The molecule has 5 heterocycles. The van der Waals surface area contributed by atoms with Crippen LogP contribution in [0.5, 0.6) is 11.5 Å². The zero-order chi connectivity index (χ0) is 23.2. The first kappa shape index (κ1) is 20.8. The second kappa shape index (κ2) is 8.20. The maximum Gasteiger partial charge on any atom is 0.258 e. The zero-order valence-electron chi connectivity index (χ0n) is 19.1. The van der Waals surface area contributed by atoms with Crippen LogP contribution in [0.4, 0.5) is 5.82 Å². The fourth-order valence-corrected chi connectivity index (χ4v) is 5.30. The molecule has 0 radical (unpaired) electrons. The van der Waals surface area contributed by atoms with Gasteiger partial charge in [0.05, 0.1) is 29.3 Å². The molecule has 9 heteroatoms. The van der Waals surface area contributed by atoms with Gasteiger partial charge in [-0.15, -0.1) is 0 Å². The summed E-state index contributed by atoms with van der Waals surface area (Å²) in [6.45, 7) is 4.37. The maximum atomic E-state index is 13.6. The van der Waals surface area contributed by atoms with Gasteiger partial charge >= 0.3 is 0 Å². The van der Waals surface area contributed by atoms with Crippen LogP contribution in [-0.4, -0.2) is 51.8 Å². The van der Waals surface area contributed by atoms with Crippen molar-refractivity contribution in [1.29, 1.82) is 5.26 Å². The van der Waals surface area contributed by atoms with E-state index in [4.69, 9.17) is 19.6 Å². The van der Waals surface area contributed by atoms with Crippen LogP contribution in [0.25, 0.3) is 5.65 Å². The molecular weight excluding hydrogens is 432 g/mol. The summed E-state index contributed by atoms with van der Waals surface area (Å²) in [5.74, 6) is 2.03. The van der Waals surface area contributed by atoms with Gasteiger partial charge in [-0.1, -0.05) is 6.07 Å². The van der Waals surface area contributed by atoms with E-state index in [1.165, 1.54) is 0 Å². The third kappa shape index (κ3) is 3.41. The molecule has 2 fully saturated rings. The molecule has 0 spiro atoms. The molecule has 1 aromatic carbocycles. The maximum absolute atomic E-state index is 13.6. The second-order valence-electron chi connectivity index (χ2n) is 9.23. The van der Waals surface area contributed by atoms with Gasteiger partial charge in [-0.25, -0.2) is 9.50 Å². The smallest absolute Gasteiger partial charge is 0.258 e. The van der Waals surface area contributed by atoms with E-state index in [1.807, 2.05) is 36.2 Å². The van der Waals surface area contributed by atoms with E-state index >= 15 is 0 Å². The number of carbonyl (C=O) groups is 1. The molecular formula is C25H26N6O3. The van der Waals surface area contributed by atoms with Gasteiger partial charge < -0.3 is 19.3 Å². The fourth-order valence-electron chi connectivity index (χ4n) is 5.30. The van der Waals surface area contributed by atoms with Crippen molar-refractivity contribution in [3.05, 3.63) is 47.3 Å². The molecule has 2 aromatic heterocycles. The topological polar surface area (TPSA) is 96.0 Å². The Morgan fingerprint density at radius 3 is 2.97 bits per heavy atom. The highest BCUT2D eigenvalue weighted by atomic mass is 16.7. The van der Waals surface area contributed by atoms with Gasteiger partial charge in [0, 0.05) is 37.5 Å². The molecule has 34 heavy (non-hydrogen) atoms. The van der Waals surface area contributed by atoms with Crippen LogP contribution in [0, 0.1) is 24.2 Å². The van der Waals surface area contributed by atoms with Crippen LogP contribution in [0.1, 0.15) is 53.3 Å². The highest BCUT2D eigenvalue weighted by Crippen LogP contribution is 2.39. The Balaban J connectivity index is 1.32. The lowest BCUT2D eigenvalue weighted by atomic mass is 9.98. The van der Waals surface area contributed by atoms with Gasteiger partial charge in [0.25, 0.3) is 5.91 Å². The number of rotatable bonds is 3. The number of fused-ring (bicyclic) bond motifs is 2. The summed E-state index contributed by atoms with van der Waals surface area (Å²) >= 11 is 0. The number of aromatic nitrogens is 3. The second-order valence-corrected chi connectivity index (χ2v) is 9.23. The highest BCUT2D eigenvalue weighted by molar-refractivity contribution is 5.98. The summed E-state index contributed by atoms with van der Waals surface area (Å²) in [5.41, 5.74) is 3.15. The van der Waals surface area contributed by atoms with Crippen molar-refractivity contribution in [1.82, 2.24) is 19.5 Å². The lowest BCUT2D eigenvalue weighted by Gasteiger charge is -2.35. The lowest BCUT2D eigenvalue weighted by molar-refractivity contribution is 0.0601. The van der Waals surface area contributed by atoms with Crippen molar-refractivity contribution in [2.75, 3.05) is 31.3 Å². The summed E-state index contributed by atoms with van der Waals surface area (Å²) < 4.78 is 12.9. The summed E-state index contributed by atoms with van der Waals surface area (Å²) in [4.78, 5) is 22.6. The van der Waals surface area contributed by atoms with Gasteiger partial charge in [0.2, 0.25) is 6.79 Å². The number of amides is 1. The first-order valence-corrected chi connectivity index (χ1v) is 11.8. The number of piperidine rings is 1. The van der Waals surface area contributed by atoms with Gasteiger partial charge in [0.15, 0.2) is 17.1 Å². The van der Waals surface area contributed by atoms with Crippen LogP contribution >= 0.6 is 0 Å². The van der Waals surface area contributed by atoms with Gasteiger partial charge in [-0.05, 0) is 44.7 Å². The van der Waals surface area contributed by atoms with Crippen LogP contribution in [0.2, 0.25) is 0 Å². The van der Waals surface area contributed by atoms with E-state index < -0.39 is 0 Å². The molecule has 9 nitrogen and oxygen atoms in total. The number of para-hydroxylation sites is 1.